The highest BCUT2D eigenvalue weighted by atomic mass is 35.5. The Morgan fingerprint density at radius 2 is 2.03 bits per heavy atom. The third-order valence-corrected chi connectivity index (χ3v) is 7.64. The summed E-state index contributed by atoms with van der Waals surface area (Å²) in [4.78, 5) is 28.9. The Morgan fingerprint density at radius 1 is 1.25 bits per heavy atom. The minimum absolute atomic E-state index is 0.0100. The van der Waals surface area contributed by atoms with Crippen LogP contribution in [-0.4, -0.2) is 45.0 Å². The minimum Gasteiger partial charge on any atom is -0.356 e. The van der Waals surface area contributed by atoms with Crippen LogP contribution in [-0.2, 0) is 0 Å². The van der Waals surface area contributed by atoms with Crippen LogP contribution in [0.25, 0.3) is 16.4 Å². The molecule has 5 rings (SSSR count). The number of fused-ring (bicyclic) bond motifs is 5. The zero-order valence-electron chi connectivity index (χ0n) is 18.8. The van der Waals surface area contributed by atoms with Gasteiger partial charge in [-0.1, -0.05) is 31.5 Å². The Labute approximate surface area is 197 Å². The number of hydrogen-bond donors (Lipinski definition) is 0. The van der Waals surface area contributed by atoms with Gasteiger partial charge in [-0.3, -0.25) is 9.36 Å². The lowest BCUT2D eigenvalue weighted by Gasteiger charge is -2.23. The van der Waals surface area contributed by atoms with Gasteiger partial charge in [0.25, 0.3) is 5.91 Å². The predicted octanol–water partition coefficient (Wildman–Crippen LogP) is 5.87. The van der Waals surface area contributed by atoms with Gasteiger partial charge in [0, 0.05) is 24.5 Å². The van der Waals surface area contributed by atoms with Gasteiger partial charge in [0.15, 0.2) is 0 Å². The van der Waals surface area contributed by atoms with Crippen LogP contribution in [0, 0.1) is 6.92 Å². The molecule has 1 atom stereocenters. The molecule has 0 unspecified atom stereocenters. The molecule has 0 N–H and O–H groups in total. The maximum atomic E-state index is 13.4. The van der Waals surface area contributed by atoms with Crippen LogP contribution in [0.4, 0.5) is 5.82 Å². The van der Waals surface area contributed by atoms with E-state index in [4.69, 9.17) is 21.6 Å². The average molecular weight is 470 g/mol. The maximum Gasteiger partial charge on any atom is 0.258 e. The van der Waals surface area contributed by atoms with E-state index in [2.05, 4.69) is 30.2 Å². The molecule has 32 heavy (non-hydrogen) atoms. The van der Waals surface area contributed by atoms with Crippen LogP contribution in [0.3, 0.4) is 0 Å². The van der Waals surface area contributed by atoms with E-state index in [9.17, 15) is 4.79 Å². The molecule has 6 nitrogen and oxygen atoms in total. The first kappa shape index (κ1) is 21.5. The van der Waals surface area contributed by atoms with Gasteiger partial charge < -0.3 is 9.80 Å². The van der Waals surface area contributed by atoms with E-state index in [0.717, 1.165) is 73.2 Å². The maximum absolute atomic E-state index is 13.4. The van der Waals surface area contributed by atoms with Crippen molar-refractivity contribution in [1.82, 2.24) is 19.4 Å². The van der Waals surface area contributed by atoms with Crippen molar-refractivity contribution in [1.29, 1.82) is 0 Å². The third-order valence-electron chi connectivity index (χ3n) is 6.36. The van der Waals surface area contributed by atoms with E-state index in [0.29, 0.717) is 10.6 Å². The quantitative estimate of drug-likeness (QED) is 0.452. The third kappa shape index (κ3) is 3.33. The van der Waals surface area contributed by atoms with Gasteiger partial charge in [0.05, 0.1) is 28.0 Å². The predicted molar refractivity (Wildman–Crippen MR) is 130 cm³/mol. The van der Waals surface area contributed by atoms with E-state index >= 15 is 0 Å². The van der Waals surface area contributed by atoms with Crippen molar-refractivity contribution in [3.63, 3.8) is 0 Å². The van der Waals surface area contributed by atoms with Crippen LogP contribution < -0.4 is 4.90 Å². The standard InChI is InChI=1S/C24H28ClN5OS/c1-4-11-28(12-5-2)22-15(3)32-23(27-22)20-21-18-10-7-13-29(18)24(31)19-16(25)8-6-9-17(19)30(21)14-26-20/h6,8-9,14,18H,4-5,7,10-13H2,1-3H3/t18-/m0/s1. The van der Waals surface area contributed by atoms with E-state index in [1.54, 1.807) is 17.4 Å². The first-order valence-corrected chi connectivity index (χ1v) is 12.6. The molecule has 0 aliphatic carbocycles. The number of imidazole rings is 1. The highest BCUT2D eigenvalue weighted by Crippen LogP contribution is 2.45. The summed E-state index contributed by atoms with van der Waals surface area (Å²) in [6.07, 6.45) is 5.90. The van der Waals surface area contributed by atoms with Crippen molar-refractivity contribution in [2.24, 2.45) is 0 Å². The molecular weight excluding hydrogens is 442 g/mol. The molecule has 2 aliphatic rings. The molecule has 0 spiro atoms. The molecule has 1 amide bonds. The van der Waals surface area contributed by atoms with Gasteiger partial charge in [0.1, 0.15) is 22.8 Å². The second kappa shape index (κ2) is 8.52. The van der Waals surface area contributed by atoms with Crippen molar-refractivity contribution in [2.75, 3.05) is 24.5 Å². The van der Waals surface area contributed by atoms with Crippen LogP contribution in [0.5, 0.6) is 0 Å². The molecule has 8 heteroatoms. The largest absolute Gasteiger partial charge is 0.356 e. The van der Waals surface area contributed by atoms with E-state index < -0.39 is 0 Å². The first-order valence-electron chi connectivity index (χ1n) is 11.4. The fraction of sp³-hybridized carbons (Fsp3) is 0.458. The van der Waals surface area contributed by atoms with Crippen molar-refractivity contribution in [2.45, 2.75) is 52.5 Å². The SMILES string of the molecule is CCCN(CCC)c1nc(-c2ncn3c2[C@@H]2CCCN2C(=O)c2c(Cl)cccc2-3)sc1C. The summed E-state index contributed by atoms with van der Waals surface area (Å²) in [5, 5.41) is 1.41. The fourth-order valence-electron chi connectivity index (χ4n) is 5.04. The second-order valence-corrected chi connectivity index (χ2v) is 10.1. The molecular formula is C24H28ClN5OS. The van der Waals surface area contributed by atoms with Crippen molar-refractivity contribution >= 4 is 34.7 Å². The summed E-state index contributed by atoms with van der Waals surface area (Å²) < 4.78 is 2.07. The number of carbonyl (C=O) groups excluding carboxylic acids is 1. The fourth-order valence-corrected chi connectivity index (χ4v) is 6.23. The number of aryl methyl sites for hydroxylation is 1. The van der Waals surface area contributed by atoms with E-state index in [1.807, 2.05) is 23.4 Å². The van der Waals surface area contributed by atoms with E-state index in [-0.39, 0.29) is 11.9 Å². The van der Waals surface area contributed by atoms with Crippen molar-refractivity contribution in [3.8, 4) is 16.4 Å². The van der Waals surface area contributed by atoms with Gasteiger partial charge in [-0.05, 0) is 44.7 Å². The van der Waals surface area contributed by atoms with E-state index in [1.165, 1.54) is 4.88 Å². The number of benzene rings is 1. The first-order chi connectivity index (χ1) is 15.5. The minimum atomic E-state index is -0.0153. The molecule has 0 saturated carbocycles. The summed E-state index contributed by atoms with van der Waals surface area (Å²) in [7, 11) is 0. The Hall–Kier alpha value is -2.38. The summed E-state index contributed by atoms with van der Waals surface area (Å²) in [6.45, 7) is 9.28. The molecule has 0 radical (unpaired) electrons. The summed E-state index contributed by atoms with van der Waals surface area (Å²) in [6, 6.07) is 5.63. The Kier molecular flexibility index (Phi) is 5.72. The Balaban J connectivity index is 1.67. The number of amides is 1. The van der Waals surface area contributed by atoms with Crippen LogP contribution in [0.15, 0.2) is 24.5 Å². The van der Waals surface area contributed by atoms with Crippen LogP contribution in [0.1, 0.15) is 66.5 Å². The summed E-state index contributed by atoms with van der Waals surface area (Å²) in [5.74, 6) is 1.07. The molecule has 168 valence electrons. The second-order valence-electron chi connectivity index (χ2n) is 8.52. The van der Waals surface area contributed by atoms with Gasteiger partial charge in [-0.15, -0.1) is 11.3 Å². The van der Waals surface area contributed by atoms with Crippen molar-refractivity contribution < 1.29 is 4.79 Å². The lowest BCUT2D eigenvalue weighted by atomic mass is 10.1. The number of hydrogen-bond acceptors (Lipinski definition) is 5. The molecule has 2 aromatic heterocycles. The van der Waals surface area contributed by atoms with Crippen LogP contribution in [0.2, 0.25) is 5.02 Å². The van der Waals surface area contributed by atoms with Gasteiger partial charge in [-0.25, -0.2) is 9.97 Å². The summed E-state index contributed by atoms with van der Waals surface area (Å²) >= 11 is 8.20. The van der Waals surface area contributed by atoms with Crippen molar-refractivity contribution in [3.05, 3.63) is 45.7 Å². The van der Waals surface area contributed by atoms with Crippen LogP contribution >= 0.6 is 22.9 Å². The lowest BCUT2D eigenvalue weighted by Crippen LogP contribution is -2.29. The molecule has 1 aromatic carbocycles. The zero-order valence-corrected chi connectivity index (χ0v) is 20.3. The molecule has 4 heterocycles. The lowest BCUT2D eigenvalue weighted by molar-refractivity contribution is 0.0739. The Bertz CT molecular complexity index is 1160. The molecule has 3 aromatic rings. The molecule has 1 fully saturated rings. The monoisotopic (exact) mass is 469 g/mol. The Morgan fingerprint density at radius 3 is 2.78 bits per heavy atom. The number of anilines is 1. The number of rotatable bonds is 6. The highest BCUT2D eigenvalue weighted by molar-refractivity contribution is 7.15. The number of halogens is 1. The number of aromatic nitrogens is 3. The van der Waals surface area contributed by atoms with Gasteiger partial charge in [0.2, 0.25) is 0 Å². The number of nitrogens with zero attached hydrogens (tertiary/aromatic N) is 5. The molecule has 0 bridgehead atoms. The molecule has 2 aliphatic heterocycles. The normalized spacial score (nSPS) is 17.2. The topological polar surface area (TPSA) is 54.3 Å². The molecule has 1 saturated heterocycles. The van der Waals surface area contributed by atoms with Gasteiger partial charge >= 0.3 is 0 Å². The average Bonchev–Trinajstić information content (AvgIpc) is 3.49. The van der Waals surface area contributed by atoms with Gasteiger partial charge in [-0.2, -0.15) is 0 Å². The number of carbonyl (C=O) groups is 1. The smallest absolute Gasteiger partial charge is 0.258 e. The highest BCUT2D eigenvalue weighted by Gasteiger charge is 2.40. The number of thiazole rings is 1. The summed E-state index contributed by atoms with van der Waals surface area (Å²) in [5.41, 5.74) is 3.30. The zero-order chi connectivity index (χ0) is 22.4.